The number of hydrogen-bond acceptors (Lipinski definition) is 2. The van der Waals surface area contributed by atoms with Crippen molar-refractivity contribution >= 4 is 11.8 Å². The zero-order valence-electron chi connectivity index (χ0n) is 12.3. The van der Waals surface area contributed by atoms with Crippen molar-refractivity contribution in [3.05, 3.63) is 0 Å². The van der Waals surface area contributed by atoms with Crippen molar-refractivity contribution in [2.75, 3.05) is 0 Å². The summed E-state index contributed by atoms with van der Waals surface area (Å²) < 4.78 is 0. The van der Waals surface area contributed by atoms with E-state index in [2.05, 4.69) is 0 Å². The van der Waals surface area contributed by atoms with Crippen molar-refractivity contribution in [3.63, 3.8) is 0 Å². The van der Waals surface area contributed by atoms with Gasteiger partial charge < -0.3 is 0 Å². The van der Waals surface area contributed by atoms with Gasteiger partial charge in [0.1, 0.15) is 0 Å². The summed E-state index contributed by atoms with van der Waals surface area (Å²) in [5.74, 6) is 1.79. The maximum absolute atomic E-state index is 13.0. The lowest BCUT2D eigenvalue weighted by Gasteiger charge is -2.37. The third kappa shape index (κ3) is 1.85. The minimum absolute atomic E-state index is 0.142. The van der Waals surface area contributed by atoms with Crippen molar-refractivity contribution in [2.45, 2.75) is 76.7 Å². The highest BCUT2D eigenvalue weighted by Crippen LogP contribution is 2.55. The minimum Gasteiger partial charge on any atom is -0.279 e. The van der Waals surface area contributed by atoms with Crippen molar-refractivity contribution in [2.24, 2.45) is 17.3 Å². The predicted octanol–water partition coefficient (Wildman–Crippen LogP) is 3.27. The maximum Gasteiger partial charge on any atom is 0.236 e. The summed E-state index contributed by atoms with van der Waals surface area (Å²) in [4.78, 5) is 27.2. The molecular weight excluding hydrogens is 250 g/mol. The zero-order chi connectivity index (χ0) is 13.7. The number of hydrogen-bond donors (Lipinski definition) is 0. The van der Waals surface area contributed by atoms with E-state index in [4.69, 9.17) is 0 Å². The second-order valence-electron chi connectivity index (χ2n) is 7.77. The standard InChI is InChI=1S/C17H25NO2/c19-15-11-17(9-12-6-7-13(8-12)10-17)16(20)18(15)14-4-2-1-3-5-14/h12-14H,1-11H2. The lowest BCUT2D eigenvalue weighted by Crippen LogP contribution is -2.45. The molecule has 0 aromatic heterocycles. The van der Waals surface area contributed by atoms with Crippen LogP contribution in [-0.2, 0) is 9.59 Å². The average molecular weight is 275 g/mol. The fourth-order valence-electron chi connectivity index (χ4n) is 5.58. The second-order valence-corrected chi connectivity index (χ2v) is 7.77. The van der Waals surface area contributed by atoms with Gasteiger partial charge in [0.2, 0.25) is 11.8 Å². The topological polar surface area (TPSA) is 37.4 Å². The van der Waals surface area contributed by atoms with Crippen LogP contribution in [0.25, 0.3) is 0 Å². The molecule has 1 spiro atoms. The lowest BCUT2D eigenvalue weighted by molar-refractivity contribution is -0.146. The third-order valence-corrected chi connectivity index (χ3v) is 6.38. The Morgan fingerprint density at radius 3 is 2.20 bits per heavy atom. The largest absolute Gasteiger partial charge is 0.279 e. The Balaban J connectivity index is 1.58. The molecule has 1 saturated heterocycles. The normalized spacial score (nSPS) is 41.9. The molecular formula is C17H25NO2. The molecule has 2 atom stereocenters. The summed E-state index contributed by atoms with van der Waals surface area (Å²) in [6, 6.07) is 0.225. The van der Waals surface area contributed by atoms with Crippen LogP contribution in [0.2, 0.25) is 0 Å². The monoisotopic (exact) mass is 275 g/mol. The number of carbonyl (C=O) groups is 2. The molecule has 0 N–H and O–H groups in total. The van der Waals surface area contributed by atoms with Crippen LogP contribution in [0.15, 0.2) is 0 Å². The highest BCUT2D eigenvalue weighted by atomic mass is 16.2. The summed E-state index contributed by atoms with van der Waals surface area (Å²) >= 11 is 0. The van der Waals surface area contributed by atoms with Crippen molar-refractivity contribution in [3.8, 4) is 0 Å². The molecule has 0 radical (unpaired) electrons. The number of rotatable bonds is 1. The first-order valence-electron chi connectivity index (χ1n) is 8.54. The number of imide groups is 1. The van der Waals surface area contributed by atoms with Gasteiger partial charge in [-0.1, -0.05) is 32.1 Å². The van der Waals surface area contributed by atoms with E-state index in [9.17, 15) is 9.59 Å². The van der Waals surface area contributed by atoms with Gasteiger partial charge in [-0.2, -0.15) is 0 Å². The van der Waals surface area contributed by atoms with E-state index in [-0.39, 0.29) is 23.3 Å². The Morgan fingerprint density at radius 1 is 0.900 bits per heavy atom. The Labute approximate surface area is 121 Å². The van der Waals surface area contributed by atoms with Gasteiger partial charge in [-0.25, -0.2) is 0 Å². The quantitative estimate of drug-likeness (QED) is 0.689. The first-order valence-corrected chi connectivity index (χ1v) is 8.54. The van der Waals surface area contributed by atoms with Crippen molar-refractivity contribution < 1.29 is 9.59 Å². The number of fused-ring (bicyclic) bond motifs is 2. The molecule has 110 valence electrons. The molecule has 4 fully saturated rings. The molecule has 20 heavy (non-hydrogen) atoms. The van der Waals surface area contributed by atoms with Crippen LogP contribution in [-0.4, -0.2) is 22.8 Å². The Morgan fingerprint density at radius 2 is 1.55 bits per heavy atom. The summed E-state index contributed by atoms with van der Waals surface area (Å²) in [6.45, 7) is 0. The van der Waals surface area contributed by atoms with Gasteiger partial charge in [0.25, 0.3) is 0 Å². The molecule has 3 saturated carbocycles. The molecule has 1 aliphatic heterocycles. The van der Waals surface area contributed by atoms with Crippen molar-refractivity contribution in [1.29, 1.82) is 0 Å². The highest BCUT2D eigenvalue weighted by molar-refractivity contribution is 6.06. The van der Waals surface area contributed by atoms with E-state index >= 15 is 0 Å². The zero-order valence-corrected chi connectivity index (χ0v) is 12.3. The van der Waals surface area contributed by atoms with E-state index in [1.54, 1.807) is 4.90 Å². The molecule has 4 aliphatic rings. The number of amides is 2. The van der Waals surface area contributed by atoms with E-state index in [1.165, 1.54) is 38.5 Å². The molecule has 3 nitrogen and oxygen atoms in total. The van der Waals surface area contributed by atoms with Crippen LogP contribution in [0.4, 0.5) is 0 Å². The van der Waals surface area contributed by atoms with Crippen LogP contribution < -0.4 is 0 Å². The van der Waals surface area contributed by atoms with Gasteiger partial charge in [-0.05, 0) is 43.9 Å². The number of carbonyl (C=O) groups excluding carboxylic acids is 2. The molecule has 1 heterocycles. The fraction of sp³-hybridized carbons (Fsp3) is 0.882. The van der Waals surface area contributed by atoms with Crippen LogP contribution >= 0.6 is 0 Å². The fourth-order valence-corrected chi connectivity index (χ4v) is 5.58. The summed E-state index contributed by atoms with van der Waals surface area (Å²) in [5.41, 5.74) is -0.279. The molecule has 2 bridgehead atoms. The molecule has 0 aromatic rings. The van der Waals surface area contributed by atoms with E-state index < -0.39 is 0 Å². The smallest absolute Gasteiger partial charge is 0.236 e. The van der Waals surface area contributed by atoms with Crippen molar-refractivity contribution in [1.82, 2.24) is 4.90 Å². The molecule has 3 aliphatic carbocycles. The van der Waals surface area contributed by atoms with E-state index in [0.717, 1.165) is 37.5 Å². The molecule has 2 unspecified atom stereocenters. The molecule has 4 rings (SSSR count). The summed E-state index contributed by atoms with van der Waals surface area (Å²) in [6.07, 6.45) is 12.1. The second kappa shape index (κ2) is 4.57. The van der Waals surface area contributed by atoms with Gasteiger partial charge in [0.05, 0.1) is 5.41 Å². The Hall–Kier alpha value is -0.860. The third-order valence-electron chi connectivity index (χ3n) is 6.38. The van der Waals surface area contributed by atoms with Gasteiger partial charge >= 0.3 is 0 Å². The lowest BCUT2D eigenvalue weighted by atomic mass is 9.68. The molecule has 3 heteroatoms. The minimum atomic E-state index is -0.279. The Bertz CT molecular complexity index is 426. The van der Waals surface area contributed by atoms with Gasteiger partial charge in [-0.15, -0.1) is 0 Å². The van der Waals surface area contributed by atoms with E-state index in [1.807, 2.05) is 0 Å². The van der Waals surface area contributed by atoms with Crippen LogP contribution in [0, 0.1) is 17.3 Å². The first kappa shape index (κ1) is 12.8. The summed E-state index contributed by atoms with van der Waals surface area (Å²) in [5, 5.41) is 0. The molecule has 0 aromatic carbocycles. The van der Waals surface area contributed by atoms with Crippen LogP contribution in [0.5, 0.6) is 0 Å². The maximum atomic E-state index is 13.0. The van der Waals surface area contributed by atoms with Gasteiger partial charge in [0, 0.05) is 12.5 Å². The predicted molar refractivity (Wildman–Crippen MR) is 75.8 cm³/mol. The first-order chi connectivity index (χ1) is 9.68. The number of likely N-dealkylation sites (tertiary alicyclic amines) is 1. The summed E-state index contributed by atoms with van der Waals surface area (Å²) in [7, 11) is 0. The highest BCUT2D eigenvalue weighted by Gasteiger charge is 2.57. The van der Waals surface area contributed by atoms with Gasteiger partial charge in [-0.3, -0.25) is 14.5 Å². The van der Waals surface area contributed by atoms with Gasteiger partial charge in [0.15, 0.2) is 0 Å². The molecule has 2 amide bonds. The number of nitrogens with zero attached hydrogens (tertiary/aromatic N) is 1. The van der Waals surface area contributed by atoms with Crippen LogP contribution in [0.3, 0.4) is 0 Å². The SMILES string of the molecule is O=C1CC2(CC3CCC(C3)C2)C(=O)N1C1CCCCC1. The van der Waals surface area contributed by atoms with Crippen LogP contribution in [0.1, 0.15) is 70.6 Å². The average Bonchev–Trinajstić information content (AvgIpc) is 2.89. The Kier molecular flexibility index (Phi) is 2.94. The van der Waals surface area contributed by atoms with E-state index in [0.29, 0.717) is 6.42 Å².